The molecule has 0 radical (unpaired) electrons. The van der Waals surface area contributed by atoms with Gasteiger partial charge in [0.2, 0.25) is 0 Å². The van der Waals surface area contributed by atoms with Crippen LogP contribution in [0, 0.1) is 0 Å². The smallest absolute Gasteiger partial charge is 0.0726 e. The average Bonchev–Trinajstić information content (AvgIpc) is 4.08. The summed E-state index contributed by atoms with van der Waals surface area (Å²) in [7, 11) is 0. The zero-order chi connectivity index (χ0) is 48.0. The molecule has 2 heteroatoms. The second-order valence-electron chi connectivity index (χ2n) is 19.5. The Morgan fingerprint density at radius 3 is 1.52 bits per heavy atom. The number of benzene rings is 12. The Morgan fingerprint density at radius 1 is 0.301 bits per heavy atom. The summed E-state index contributed by atoms with van der Waals surface area (Å²) in [6.45, 7) is 0. The number of fused-ring (bicyclic) bond motifs is 14. The van der Waals surface area contributed by atoms with Gasteiger partial charge < -0.3 is 9.47 Å². The van der Waals surface area contributed by atoms with Gasteiger partial charge in [0.05, 0.1) is 33.5 Å². The summed E-state index contributed by atoms with van der Waals surface area (Å²) in [5, 5.41) is 4.84. The minimum absolute atomic E-state index is 0.512. The molecular weight excluding hydrogens is 881 g/mol. The molecule has 12 aromatic carbocycles. The van der Waals surface area contributed by atoms with Crippen molar-refractivity contribution in [3.8, 4) is 61.3 Å². The Hall–Kier alpha value is -9.50. The van der Waals surface area contributed by atoms with Crippen molar-refractivity contribution >= 4 is 49.6 Å². The van der Waals surface area contributed by atoms with E-state index in [4.69, 9.17) is 0 Å². The van der Waals surface area contributed by atoms with Crippen LogP contribution in [0.3, 0.4) is 0 Å². The first-order valence-electron chi connectivity index (χ1n) is 25.3. The number of anilines is 3. The molecular formula is C71H46N2. The second kappa shape index (κ2) is 16.3. The number of para-hydroxylation sites is 2. The topological polar surface area (TPSA) is 8.17 Å². The third-order valence-corrected chi connectivity index (χ3v) is 15.8. The molecule has 1 heterocycles. The molecule has 1 aromatic heterocycles. The molecule has 0 atom stereocenters. The molecule has 73 heavy (non-hydrogen) atoms. The van der Waals surface area contributed by atoms with Crippen LogP contribution in [-0.2, 0) is 5.41 Å². The molecule has 0 aliphatic heterocycles. The maximum absolute atomic E-state index is 2.58. The van der Waals surface area contributed by atoms with Crippen LogP contribution < -0.4 is 4.90 Å². The van der Waals surface area contributed by atoms with E-state index in [-0.39, 0.29) is 0 Å². The molecule has 2 aliphatic rings. The minimum Gasteiger partial charge on any atom is -0.309 e. The molecule has 0 N–H and O–H groups in total. The van der Waals surface area contributed by atoms with E-state index in [2.05, 4.69) is 289 Å². The van der Waals surface area contributed by atoms with E-state index in [1.807, 2.05) is 0 Å². The number of hydrogen-bond donors (Lipinski definition) is 0. The van der Waals surface area contributed by atoms with E-state index in [0.717, 1.165) is 39.3 Å². The highest BCUT2D eigenvalue weighted by Gasteiger charge is 2.51. The summed E-state index contributed by atoms with van der Waals surface area (Å²) >= 11 is 0. The molecule has 0 fully saturated rings. The van der Waals surface area contributed by atoms with E-state index in [1.54, 1.807) is 0 Å². The number of hydrogen-bond acceptors (Lipinski definition) is 1. The zero-order valence-electron chi connectivity index (χ0n) is 40.0. The monoisotopic (exact) mass is 926 g/mol. The van der Waals surface area contributed by atoms with Crippen LogP contribution >= 0.6 is 0 Å². The van der Waals surface area contributed by atoms with E-state index >= 15 is 0 Å². The summed E-state index contributed by atoms with van der Waals surface area (Å²) in [5.74, 6) is 0. The molecule has 0 amide bonds. The Bertz CT molecular complexity index is 4260. The van der Waals surface area contributed by atoms with Gasteiger partial charge in [-0.3, -0.25) is 0 Å². The first kappa shape index (κ1) is 41.3. The molecule has 340 valence electrons. The van der Waals surface area contributed by atoms with Crippen molar-refractivity contribution in [3.05, 3.63) is 301 Å². The SMILES string of the molecule is c1ccc(-c2cccc(N(c3ccc4c(c3)C3(c5ccccc5-c5ccccc53)c3ccccc3-4)c3cccc4c3c3ccccc3n4-c3ccccc3-c3cccc4ccccc34)c2-c2ccccc2)cc1. The van der Waals surface area contributed by atoms with Crippen LogP contribution in [0.5, 0.6) is 0 Å². The molecule has 0 saturated carbocycles. The van der Waals surface area contributed by atoms with E-state index < -0.39 is 5.41 Å². The van der Waals surface area contributed by atoms with Crippen molar-refractivity contribution in [1.82, 2.24) is 4.57 Å². The first-order chi connectivity index (χ1) is 36.3. The van der Waals surface area contributed by atoms with Gasteiger partial charge in [0, 0.05) is 27.6 Å². The van der Waals surface area contributed by atoms with Crippen molar-refractivity contribution in [3.63, 3.8) is 0 Å². The van der Waals surface area contributed by atoms with Gasteiger partial charge in [0.15, 0.2) is 0 Å². The average molecular weight is 927 g/mol. The zero-order valence-corrected chi connectivity index (χ0v) is 40.0. The predicted octanol–water partition coefficient (Wildman–Crippen LogP) is 18.8. The molecule has 0 unspecified atom stereocenters. The van der Waals surface area contributed by atoms with Crippen molar-refractivity contribution in [2.45, 2.75) is 5.41 Å². The quantitative estimate of drug-likeness (QED) is 0.155. The largest absolute Gasteiger partial charge is 0.309 e. The van der Waals surface area contributed by atoms with Crippen LogP contribution in [0.4, 0.5) is 17.1 Å². The van der Waals surface area contributed by atoms with Crippen molar-refractivity contribution in [1.29, 1.82) is 0 Å². The molecule has 2 nitrogen and oxygen atoms in total. The lowest BCUT2D eigenvalue weighted by Gasteiger charge is -2.33. The van der Waals surface area contributed by atoms with Crippen molar-refractivity contribution < 1.29 is 0 Å². The molecule has 1 spiro atoms. The molecule has 15 rings (SSSR count). The van der Waals surface area contributed by atoms with Crippen LogP contribution in [0.15, 0.2) is 279 Å². The van der Waals surface area contributed by atoms with Gasteiger partial charge in [-0.15, -0.1) is 0 Å². The Morgan fingerprint density at radius 2 is 0.795 bits per heavy atom. The Labute approximate surface area is 425 Å². The van der Waals surface area contributed by atoms with E-state index in [9.17, 15) is 0 Å². The lowest BCUT2D eigenvalue weighted by molar-refractivity contribution is 0.793. The summed E-state index contributed by atoms with van der Waals surface area (Å²) in [5.41, 5.74) is 23.7. The highest BCUT2D eigenvalue weighted by atomic mass is 15.2. The third-order valence-electron chi connectivity index (χ3n) is 15.8. The van der Waals surface area contributed by atoms with Crippen molar-refractivity contribution in [2.75, 3.05) is 4.90 Å². The predicted molar refractivity (Wildman–Crippen MR) is 306 cm³/mol. The maximum Gasteiger partial charge on any atom is 0.0726 e. The summed E-state index contributed by atoms with van der Waals surface area (Å²) < 4.78 is 2.50. The number of rotatable bonds is 7. The summed E-state index contributed by atoms with van der Waals surface area (Å²) in [4.78, 5) is 2.58. The van der Waals surface area contributed by atoms with Gasteiger partial charge in [-0.05, 0) is 120 Å². The molecule has 0 bridgehead atoms. The lowest BCUT2D eigenvalue weighted by atomic mass is 9.70. The highest BCUT2D eigenvalue weighted by Crippen LogP contribution is 2.63. The van der Waals surface area contributed by atoms with E-state index in [0.29, 0.717) is 0 Å². The fourth-order valence-electron chi connectivity index (χ4n) is 12.9. The standard InChI is InChI=1S/C71H46N2/c1-3-22-48(23-4-1)52-34-20-41-66(69(52)49-25-5-2-6-26-49)72(50-44-45-57-56-31-11-16-38-62(56)71(63(57)46-50)60-36-14-9-29-54(60)55-30-10-15-37-61(55)71)67-42-21-43-68-70(67)59-33-13-18-40-65(59)73(68)64-39-17-12-32-58(64)53-35-19-27-47-24-7-8-28-51(47)53/h1-46H. The van der Waals surface area contributed by atoms with Crippen molar-refractivity contribution in [2.24, 2.45) is 0 Å². The lowest BCUT2D eigenvalue weighted by Crippen LogP contribution is -2.26. The van der Waals surface area contributed by atoms with Gasteiger partial charge >= 0.3 is 0 Å². The fraction of sp³-hybridized carbons (Fsp3) is 0.0141. The first-order valence-corrected chi connectivity index (χ1v) is 25.3. The molecule has 13 aromatic rings. The van der Waals surface area contributed by atoms with Gasteiger partial charge in [-0.1, -0.05) is 237 Å². The van der Waals surface area contributed by atoms with Gasteiger partial charge in [0.25, 0.3) is 0 Å². The Balaban J connectivity index is 1.06. The minimum atomic E-state index is -0.512. The van der Waals surface area contributed by atoms with Crippen LogP contribution in [0.25, 0.3) is 93.9 Å². The molecule has 0 saturated heterocycles. The Kier molecular flexibility index (Phi) is 9.21. The van der Waals surface area contributed by atoms with Gasteiger partial charge in [-0.2, -0.15) is 0 Å². The summed E-state index contributed by atoms with van der Waals surface area (Å²) in [6, 6.07) is 104. The third kappa shape index (κ3) is 5.99. The van der Waals surface area contributed by atoms with Crippen LogP contribution in [0.1, 0.15) is 22.3 Å². The molecule has 2 aliphatic carbocycles. The highest BCUT2D eigenvalue weighted by molar-refractivity contribution is 6.18. The number of aromatic nitrogens is 1. The number of nitrogens with zero attached hydrogens (tertiary/aromatic N) is 2. The van der Waals surface area contributed by atoms with E-state index in [1.165, 1.54) is 93.9 Å². The summed E-state index contributed by atoms with van der Waals surface area (Å²) in [6.07, 6.45) is 0. The van der Waals surface area contributed by atoms with Gasteiger partial charge in [-0.25, -0.2) is 0 Å². The van der Waals surface area contributed by atoms with Gasteiger partial charge in [0.1, 0.15) is 0 Å². The maximum atomic E-state index is 2.58. The normalized spacial score (nSPS) is 12.8. The van der Waals surface area contributed by atoms with Crippen LogP contribution in [-0.4, -0.2) is 4.57 Å². The second-order valence-corrected chi connectivity index (χ2v) is 19.5. The fourth-order valence-corrected chi connectivity index (χ4v) is 12.9. The van der Waals surface area contributed by atoms with Crippen LogP contribution in [0.2, 0.25) is 0 Å².